The average Bonchev–Trinajstić information content (AvgIpc) is 2.69. The molecule has 5 heteroatoms. The summed E-state index contributed by atoms with van der Waals surface area (Å²) in [5, 5.41) is 9.07. The number of nitrogens with zero attached hydrogens (tertiary/aromatic N) is 4. The van der Waals surface area contributed by atoms with Crippen molar-refractivity contribution in [3.8, 4) is 6.07 Å². The molecule has 1 amide bonds. The second-order valence-corrected chi connectivity index (χ2v) is 8.00. The van der Waals surface area contributed by atoms with Gasteiger partial charge in [0.05, 0.1) is 17.7 Å². The van der Waals surface area contributed by atoms with Gasteiger partial charge in [0.2, 0.25) is 5.91 Å². The zero-order chi connectivity index (χ0) is 19.4. The number of aromatic nitrogens is 1. The summed E-state index contributed by atoms with van der Waals surface area (Å²) in [4.78, 5) is 21.2. The second-order valence-electron chi connectivity index (χ2n) is 8.00. The highest BCUT2D eigenvalue weighted by molar-refractivity contribution is 5.81. The maximum Gasteiger partial charge on any atom is 0.228 e. The Morgan fingerprint density at radius 1 is 1.07 bits per heavy atom. The first kappa shape index (κ1) is 19.1. The zero-order valence-corrected chi connectivity index (χ0v) is 16.2. The summed E-state index contributed by atoms with van der Waals surface area (Å²) in [6.07, 6.45) is 3.68. The van der Waals surface area contributed by atoms with Crippen molar-refractivity contribution in [2.45, 2.75) is 26.8 Å². The molecule has 140 valence electrons. The molecule has 0 N–H and O–H groups in total. The van der Waals surface area contributed by atoms with Crippen molar-refractivity contribution in [2.75, 3.05) is 26.2 Å². The first-order chi connectivity index (χ1) is 12.9. The fraction of sp³-hybridized carbons (Fsp3) is 0.409. The van der Waals surface area contributed by atoms with E-state index in [0.29, 0.717) is 5.56 Å². The van der Waals surface area contributed by atoms with E-state index in [4.69, 9.17) is 5.26 Å². The van der Waals surface area contributed by atoms with Crippen molar-refractivity contribution >= 4 is 5.91 Å². The van der Waals surface area contributed by atoms with Crippen LogP contribution in [0, 0.1) is 16.7 Å². The largest absolute Gasteiger partial charge is 0.340 e. The Morgan fingerprint density at radius 2 is 1.74 bits per heavy atom. The third-order valence-electron chi connectivity index (χ3n) is 4.96. The minimum atomic E-state index is -0.349. The van der Waals surface area contributed by atoms with Crippen LogP contribution in [0.25, 0.3) is 0 Å². The quantitative estimate of drug-likeness (QED) is 0.841. The third kappa shape index (κ3) is 4.35. The molecule has 1 unspecified atom stereocenters. The number of nitriles is 1. The number of carbonyl (C=O) groups excluding carboxylic acids is 1. The molecule has 2 heterocycles. The summed E-state index contributed by atoms with van der Waals surface area (Å²) >= 11 is 0. The van der Waals surface area contributed by atoms with E-state index in [0.717, 1.165) is 37.3 Å². The molecule has 1 fully saturated rings. The van der Waals surface area contributed by atoms with Crippen LogP contribution in [0.2, 0.25) is 0 Å². The lowest BCUT2D eigenvalue weighted by atomic mass is 9.93. The van der Waals surface area contributed by atoms with Gasteiger partial charge in [-0.15, -0.1) is 0 Å². The molecular formula is C22H26N4O. The van der Waals surface area contributed by atoms with Crippen LogP contribution in [0.4, 0.5) is 0 Å². The average molecular weight is 362 g/mol. The molecule has 1 atom stereocenters. The monoisotopic (exact) mass is 362 g/mol. The molecule has 2 aromatic rings. The van der Waals surface area contributed by atoms with E-state index in [-0.39, 0.29) is 17.4 Å². The van der Waals surface area contributed by atoms with Crippen molar-refractivity contribution in [1.82, 2.24) is 14.8 Å². The summed E-state index contributed by atoms with van der Waals surface area (Å²) in [5.41, 5.74) is 2.57. The Hall–Kier alpha value is -2.71. The Labute approximate surface area is 161 Å². The van der Waals surface area contributed by atoms with E-state index in [2.05, 4.69) is 22.0 Å². The van der Waals surface area contributed by atoms with Gasteiger partial charge in [0, 0.05) is 44.0 Å². The molecule has 0 bridgehead atoms. The maximum atomic E-state index is 12.6. The van der Waals surface area contributed by atoms with E-state index >= 15 is 0 Å². The molecule has 1 aliphatic rings. The summed E-state index contributed by atoms with van der Waals surface area (Å²) < 4.78 is 0. The number of carbonyl (C=O) groups is 1. The Kier molecular flexibility index (Phi) is 5.57. The van der Waals surface area contributed by atoms with Crippen molar-refractivity contribution < 1.29 is 4.79 Å². The van der Waals surface area contributed by atoms with Gasteiger partial charge in [-0.2, -0.15) is 5.26 Å². The Morgan fingerprint density at radius 3 is 2.26 bits per heavy atom. The fourth-order valence-corrected chi connectivity index (χ4v) is 3.55. The van der Waals surface area contributed by atoms with Crippen LogP contribution in [0.3, 0.4) is 0 Å². The standard InChI is InChI=1S/C22H26N4O/c1-22(2,3)21(27)26-13-11-25(12-14-26)20(19-5-4-10-24-16-19)18-8-6-17(15-23)7-9-18/h4-10,16,20H,11-14H2,1-3H3. The zero-order valence-electron chi connectivity index (χ0n) is 16.2. The number of piperazine rings is 1. The number of benzene rings is 1. The minimum absolute atomic E-state index is 0.0679. The first-order valence-corrected chi connectivity index (χ1v) is 9.33. The Bertz CT molecular complexity index is 810. The predicted octanol–water partition coefficient (Wildman–Crippen LogP) is 3.23. The lowest BCUT2D eigenvalue weighted by Gasteiger charge is -2.41. The minimum Gasteiger partial charge on any atom is -0.340 e. The smallest absolute Gasteiger partial charge is 0.228 e. The van der Waals surface area contributed by atoms with E-state index in [1.807, 2.05) is 62.2 Å². The molecule has 0 saturated carbocycles. The predicted molar refractivity (Wildman–Crippen MR) is 105 cm³/mol. The van der Waals surface area contributed by atoms with Crippen LogP contribution in [0.5, 0.6) is 0 Å². The van der Waals surface area contributed by atoms with Gasteiger partial charge in [0.25, 0.3) is 0 Å². The van der Waals surface area contributed by atoms with Crippen LogP contribution < -0.4 is 0 Å². The molecule has 1 aliphatic heterocycles. The van der Waals surface area contributed by atoms with Crippen LogP contribution in [-0.2, 0) is 4.79 Å². The van der Waals surface area contributed by atoms with Gasteiger partial charge in [0.15, 0.2) is 0 Å². The molecular weight excluding hydrogens is 336 g/mol. The third-order valence-corrected chi connectivity index (χ3v) is 4.96. The number of hydrogen-bond acceptors (Lipinski definition) is 4. The summed E-state index contributed by atoms with van der Waals surface area (Å²) in [7, 11) is 0. The molecule has 1 aromatic carbocycles. The van der Waals surface area contributed by atoms with E-state index in [1.165, 1.54) is 0 Å². The fourth-order valence-electron chi connectivity index (χ4n) is 3.55. The summed E-state index contributed by atoms with van der Waals surface area (Å²) in [6.45, 7) is 8.97. The Balaban J connectivity index is 1.83. The van der Waals surface area contributed by atoms with Crippen molar-refractivity contribution in [2.24, 2.45) is 5.41 Å². The SMILES string of the molecule is CC(C)(C)C(=O)N1CCN(C(c2ccc(C#N)cc2)c2cccnc2)CC1. The van der Waals surface area contributed by atoms with Gasteiger partial charge < -0.3 is 4.90 Å². The van der Waals surface area contributed by atoms with Gasteiger partial charge in [-0.05, 0) is 29.3 Å². The van der Waals surface area contributed by atoms with Crippen molar-refractivity contribution in [1.29, 1.82) is 5.26 Å². The number of amides is 1. The van der Waals surface area contributed by atoms with Crippen LogP contribution in [-0.4, -0.2) is 46.9 Å². The van der Waals surface area contributed by atoms with Gasteiger partial charge in [-0.1, -0.05) is 39.0 Å². The number of rotatable bonds is 3. The first-order valence-electron chi connectivity index (χ1n) is 9.33. The molecule has 1 saturated heterocycles. The van der Waals surface area contributed by atoms with Gasteiger partial charge in [-0.25, -0.2) is 0 Å². The highest BCUT2D eigenvalue weighted by atomic mass is 16.2. The highest BCUT2D eigenvalue weighted by Crippen LogP contribution is 2.30. The second kappa shape index (κ2) is 7.89. The molecule has 1 aromatic heterocycles. The molecule has 27 heavy (non-hydrogen) atoms. The molecule has 0 spiro atoms. The van der Waals surface area contributed by atoms with Gasteiger partial charge in [0.1, 0.15) is 0 Å². The van der Waals surface area contributed by atoms with E-state index < -0.39 is 0 Å². The van der Waals surface area contributed by atoms with Crippen molar-refractivity contribution in [3.63, 3.8) is 0 Å². The summed E-state index contributed by atoms with van der Waals surface area (Å²) in [5.74, 6) is 0.207. The maximum absolute atomic E-state index is 12.6. The van der Waals surface area contributed by atoms with Crippen LogP contribution in [0.1, 0.15) is 43.5 Å². The molecule has 3 rings (SSSR count). The van der Waals surface area contributed by atoms with E-state index in [9.17, 15) is 4.79 Å². The lowest BCUT2D eigenvalue weighted by molar-refractivity contribution is -0.141. The summed E-state index contributed by atoms with van der Waals surface area (Å²) in [6, 6.07) is 14.0. The van der Waals surface area contributed by atoms with Crippen molar-refractivity contribution in [3.05, 3.63) is 65.5 Å². The molecule has 0 radical (unpaired) electrons. The highest BCUT2D eigenvalue weighted by Gasteiger charge is 2.32. The molecule has 5 nitrogen and oxygen atoms in total. The lowest BCUT2D eigenvalue weighted by Crippen LogP contribution is -2.52. The number of pyridine rings is 1. The van der Waals surface area contributed by atoms with Gasteiger partial charge >= 0.3 is 0 Å². The number of hydrogen-bond donors (Lipinski definition) is 0. The topological polar surface area (TPSA) is 60.2 Å². The van der Waals surface area contributed by atoms with Gasteiger partial charge in [-0.3, -0.25) is 14.7 Å². The normalized spacial score (nSPS) is 16.6. The van der Waals surface area contributed by atoms with E-state index in [1.54, 1.807) is 6.20 Å². The van der Waals surface area contributed by atoms with Crippen LogP contribution in [0.15, 0.2) is 48.8 Å². The molecule has 0 aliphatic carbocycles. The van der Waals surface area contributed by atoms with Crippen LogP contribution >= 0.6 is 0 Å².